The molecule has 0 fully saturated rings. The minimum absolute atomic E-state index is 0.906. The van der Waals surface area contributed by atoms with Crippen molar-refractivity contribution in [3.63, 3.8) is 0 Å². The summed E-state index contributed by atoms with van der Waals surface area (Å²) in [7, 11) is 0. The van der Waals surface area contributed by atoms with Crippen LogP contribution < -0.4 is 4.90 Å². The molecule has 0 unspecified atom stereocenters. The van der Waals surface area contributed by atoms with Crippen LogP contribution in [0.1, 0.15) is 0 Å². The summed E-state index contributed by atoms with van der Waals surface area (Å²) in [5.74, 6) is 0. The van der Waals surface area contributed by atoms with Crippen LogP contribution in [0.25, 0.3) is 80.7 Å². The van der Waals surface area contributed by atoms with E-state index < -0.39 is 0 Å². The number of aromatic nitrogens is 1. The lowest BCUT2D eigenvalue weighted by Gasteiger charge is -2.26. The lowest BCUT2D eigenvalue weighted by Crippen LogP contribution is -2.10. The Morgan fingerprint density at radius 2 is 1.08 bits per heavy atom. The van der Waals surface area contributed by atoms with Crippen molar-refractivity contribution < 1.29 is 4.42 Å². The molecule has 3 aromatic heterocycles. The number of para-hydroxylation sites is 3. The van der Waals surface area contributed by atoms with Gasteiger partial charge in [-0.05, 0) is 83.9 Å². The standard InChI is InChI=1S/C48H30N2OS/c1-2-11-33(12-3-1)50-42-17-7-4-13-36(42)37-28-26-35(30-44(37)50)49(43-18-10-16-41-40-15-6-9-20-47(40)52-48(41)43)34-24-21-31(22-25-34)32-23-27-39-38-14-5-8-19-45(38)51-46(39)29-32/h1-30H. The molecule has 3 heterocycles. The molecule has 0 saturated heterocycles. The summed E-state index contributed by atoms with van der Waals surface area (Å²) in [5, 5.41) is 7.34. The maximum atomic E-state index is 6.25. The zero-order valence-electron chi connectivity index (χ0n) is 28.0. The average Bonchev–Trinajstić information content (AvgIpc) is 3.88. The Bertz CT molecular complexity index is 3130. The van der Waals surface area contributed by atoms with E-state index in [0.29, 0.717) is 0 Å². The monoisotopic (exact) mass is 682 g/mol. The van der Waals surface area contributed by atoms with Gasteiger partial charge in [-0.2, -0.15) is 0 Å². The first-order chi connectivity index (χ1) is 25.8. The van der Waals surface area contributed by atoms with Crippen LogP contribution in [-0.2, 0) is 0 Å². The van der Waals surface area contributed by atoms with Gasteiger partial charge in [-0.15, -0.1) is 11.3 Å². The fourth-order valence-corrected chi connectivity index (χ4v) is 9.20. The van der Waals surface area contributed by atoms with Gasteiger partial charge in [0.25, 0.3) is 0 Å². The molecule has 0 aliphatic heterocycles. The number of furan rings is 1. The van der Waals surface area contributed by atoms with E-state index in [1.54, 1.807) is 0 Å². The van der Waals surface area contributed by atoms with Gasteiger partial charge in [0, 0.05) is 54.1 Å². The second-order valence-corrected chi connectivity index (χ2v) is 14.4. The van der Waals surface area contributed by atoms with Gasteiger partial charge in [0.15, 0.2) is 0 Å². The Balaban J connectivity index is 1.11. The van der Waals surface area contributed by atoms with E-state index >= 15 is 0 Å². The van der Waals surface area contributed by atoms with Crippen molar-refractivity contribution in [3.05, 3.63) is 182 Å². The molecule has 8 aromatic carbocycles. The van der Waals surface area contributed by atoms with Crippen LogP contribution in [0.15, 0.2) is 186 Å². The van der Waals surface area contributed by atoms with E-state index in [-0.39, 0.29) is 0 Å². The van der Waals surface area contributed by atoms with Gasteiger partial charge in [0.1, 0.15) is 11.2 Å². The maximum Gasteiger partial charge on any atom is 0.136 e. The van der Waals surface area contributed by atoms with Crippen molar-refractivity contribution in [2.45, 2.75) is 0 Å². The zero-order valence-corrected chi connectivity index (χ0v) is 28.8. The minimum atomic E-state index is 0.906. The third-order valence-electron chi connectivity index (χ3n) is 10.4. The summed E-state index contributed by atoms with van der Waals surface area (Å²) >= 11 is 1.86. The van der Waals surface area contributed by atoms with Gasteiger partial charge in [0.2, 0.25) is 0 Å². The quantitative estimate of drug-likeness (QED) is 0.180. The van der Waals surface area contributed by atoms with Crippen molar-refractivity contribution in [2.75, 3.05) is 4.90 Å². The number of thiophene rings is 1. The number of anilines is 3. The summed E-state index contributed by atoms with van der Waals surface area (Å²) in [5.41, 5.74) is 11.0. The average molecular weight is 683 g/mol. The first kappa shape index (κ1) is 29.1. The van der Waals surface area contributed by atoms with E-state index in [1.807, 2.05) is 23.5 Å². The van der Waals surface area contributed by atoms with E-state index in [1.165, 1.54) is 42.0 Å². The second kappa shape index (κ2) is 11.5. The lowest BCUT2D eigenvalue weighted by molar-refractivity contribution is 0.669. The number of hydrogen-bond donors (Lipinski definition) is 0. The van der Waals surface area contributed by atoms with E-state index in [0.717, 1.165) is 55.8 Å². The number of nitrogens with zero attached hydrogens (tertiary/aromatic N) is 2. The third-order valence-corrected chi connectivity index (χ3v) is 11.6. The van der Waals surface area contributed by atoms with Gasteiger partial charge in [-0.1, -0.05) is 109 Å². The normalized spacial score (nSPS) is 11.8. The van der Waals surface area contributed by atoms with Gasteiger partial charge in [-0.3, -0.25) is 0 Å². The Hall–Kier alpha value is -6.62. The predicted molar refractivity (Wildman–Crippen MR) is 221 cm³/mol. The molecule has 0 amide bonds. The van der Waals surface area contributed by atoms with Crippen LogP contribution in [-0.4, -0.2) is 4.57 Å². The first-order valence-corrected chi connectivity index (χ1v) is 18.4. The Morgan fingerprint density at radius 1 is 0.423 bits per heavy atom. The molecule has 0 N–H and O–H groups in total. The molecule has 0 atom stereocenters. The number of hydrogen-bond acceptors (Lipinski definition) is 3. The molecule has 11 rings (SSSR count). The highest BCUT2D eigenvalue weighted by molar-refractivity contribution is 7.26. The number of rotatable bonds is 5. The second-order valence-electron chi connectivity index (χ2n) is 13.3. The largest absolute Gasteiger partial charge is 0.456 e. The van der Waals surface area contributed by atoms with Crippen molar-refractivity contribution in [3.8, 4) is 16.8 Å². The topological polar surface area (TPSA) is 21.3 Å². The maximum absolute atomic E-state index is 6.25. The molecular weight excluding hydrogens is 653 g/mol. The molecule has 244 valence electrons. The zero-order chi connectivity index (χ0) is 34.2. The lowest BCUT2D eigenvalue weighted by atomic mass is 10.0. The van der Waals surface area contributed by atoms with E-state index in [9.17, 15) is 0 Å². The van der Waals surface area contributed by atoms with Crippen molar-refractivity contribution in [1.29, 1.82) is 0 Å². The van der Waals surface area contributed by atoms with Crippen molar-refractivity contribution in [2.24, 2.45) is 0 Å². The summed E-state index contributed by atoms with van der Waals surface area (Å²) in [6.07, 6.45) is 0. The first-order valence-electron chi connectivity index (χ1n) is 17.6. The molecule has 0 aliphatic carbocycles. The molecule has 11 aromatic rings. The fraction of sp³-hybridized carbons (Fsp3) is 0. The highest BCUT2D eigenvalue weighted by Crippen LogP contribution is 2.46. The van der Waals surface area contributed by atoms with Gasteiger partial charge in [0.05, 0.1) is 21.4 Å². The molecule has 3 nitrogen and oxygen atoms in total. The van der Waals surface area contributed by atoms with E-state index in [2.05, 4.69) is 179 Å². The summed E-state index contributed by atoms with van der Waals surface area (Å²) < 4.78 is 11.2. The number of benzene rings is 8. The van der Waals surface area contributed by atoms with Crippen LogP contribution in [0.4, 0.5) is 17.1 Å². The summed E-state index contributed by atoms with van der Waals surface area (Å²) in [4.78, 5) is 2.43. The highest BCUT2D eigenvalue weighted by atomic mass is 32.1. The molecule has 0 saturated carbocycles. The smallest absolute Gasteiger partial charge is 0.136 e. The van der Waals surface area contributed by atoms with Crippen molar-refractivity contribution >= 4 is 92.3 Å². The fourth-order valence-electron chi connectivity index (χ4n) is 8.00. The Kier molecular flexibility index (Phi) is 6.42. The molecule has 0 bridgehead atoms. The summed E-state index contributed by atoms with van der Waals surface area (Å²) in [6.45, 7) is 0. The van der Waals surface area contributed by atoms with Gasteiger partial charge < -0.3 is 13.9 Å². The van der Waals surface area contributed by atoms with Crippen LogP contribution in [0.2, 0.25) is 0 Å². The molecule has 4 heteroatoms. The van der Waals surface area contributed by atoms with Crippen LogP contribution in [0, 0.1) is 0 Å². The Morgan fingerprint density at radius 3 is 1.96 bits per heavy atom. The van der Waals surface area contributed by atoms with Crippen molar-refractivity contribution in [1.82, 2.24) is 4.57 Å². The van der Waals surface area contributed by atoms with Crippen LogP contribution >= 0.6 is 11.3 Å². The summed E-state index contributed by atoms with van der Waals surface area (Å²) in [6, 6.07) is 65.5. The molecular formula is C48H30N2OS. The van der Waals surface area contributed by atoms with Gasteiger partial charge in [-0.25, -0.2) is 0 Å². The predicted octanol–water partition coefficient (Wildman–Crippen LogP) is 14.2. The number of fused-ring (bicyclic) bond motifs is 9. The molecule has 0 spiro atoms. The van der Waals surface area contributed by atoms with Crippen LogP contribution in [0.5, 0.6) is 0 Å². The Labute approximate surface area is 303 Å². The molecule has 0 aliphatic rings. The minimum Gasteiger partial charge on any atom is -0.456 e. The third kappa shape index (κ3) is 4.45. The highest BCUT2D eigenvalue weighted by Gasteiger charge is 2.21. The van der Waals surface area contributed by atoms with E-state index in [4.69, 9.17) is 4.42 Å². The molecule has 52 heavy (non-hydrogen) atoms. The van der Waals surface area contributed by atoms with Crippen LogP contribution in [0.3, 0.4) is 0 Å². The van der Waals surface area contributed by atoms with Gasteiger partial charge >= 0.3 is 0 Å². The molecule has 0 radical (unpaired) electrons. The SMILES string of the molecule is c1ccc(-n2c3ccccc3c3ccc(N(c4ccc(-c5ccc6c(c5)oc5ccccc56)cc4)c4cccc5c4sc4ccccc45)cc32)cc1.